The van der Waals surface area contributed by atoms with Crippen LogP contribution in [-0.4, -0.2) is 28.5 Å². The number of ether oxygens (including phenoxy) is 1. The van der Waals surface area contributed by atoms with E-state index in [0.717, 1.165) is 0 Å². The Bertz CT molecular complexity index is 722. The van der Waals surface area contributed by atoms with Gasteiger partial charge in [-0.25, -0.2) is 9.78 Å². The van der Waals surface area contributed by atoms with Crippen molar-refractivity contribution in [1.29, 1.82) is 0 Å². The Hall–Kier alpha value is -2.67. The molecule has 126 valence electrons. The van der Waals surface area contributed by atoms with Gasteiger partial charge in [-0.2, -0.15) is 0 Å². The minimum Gasteiger partial charge on any atom is -0.460 e. The SMILES string of the molecule is CCC(COC(=O)c1cccc(Cl)c1)Nc1ccc([N+](=O)[O-])cn1. The predicted octanol–water partition coefficient (Wildman–Crippen LogP) is 3.69. The molecule has 1 aromatic heterocycles. The van der Waals surface area contributed by atoms with Crippen molar-refractivity contribution in [3.63, 3.8) is 0 Å². The van der Waals surface area contributed by atoms with E-state index in [1.54, 1.807) is 18.2 Å². The molecule has 0 spiro atoms. The molecule has 0 aliphatic rings. The Balaban J connectivity index is 1.92. The third kappa shape index (κ3) is 4.92. The van der Waals surface area contributed by atoms with Crippen LogP contribution in [0.1, 0.15) is 23.7 Å². The lowest BCUT2D eigenvalue weighted by Gasteiger charge is -2.17. The maximum atomic E-state index is 12.0. The molecule has 1 heterocycles. The molecular weight excluding hydrogens is 334 g/mol. The van der Waals surface area contributed by atoms with Crippen LogP contribution in [0.25, 0.3) is 0 Å². The van der Waals surface area contributed by atoms with E-state index in [1.165, 1.54) is 24.4 Å². The average Bonchev–Trinajstić information content (AvgIpc) is 2.58. The number of carbonyl (C=O) groups excluding carboxylic acids is 1. The van der Waals surface area contributed by atoms with Gasteiger partial charge in [0.15, 0.2) is 0 Å². The van der Waals surface area contributed by atoms with Crippen LogP contribution in [0.2, 0.25) is 5.02 Å². The first-order chi connectivity index (χ1) is 11.5. The van der Waals surface area contributed by atoms with Gasteiger partial charge in [0, 0.05) is 11.1 Å². The Morgan fingerprint density at radius 2 is 2.21 bits per heavy atom. The number of hydrogen-bond acceptors (Lipinski definition) is 6. The molecule has 1 N–H and O–H groups in total. The number of aromatic nitrogens is 1. The molecular formula is C16H16ClN3O4. The van der Waals surface area contributed by atoms with E-state index in [-0.39, 0.29) is 18.3 Å². The van der Waals surface area contributed by atoms with E-state index in [0.29, 0.717) is 22.8 Å². The topological polar surface area (TPSA) is 94.4 Å². The molecule has 0 aliphatic heterocycles. The summed E-state index contributed by atoms with van der Waals surface area (Å²) in [5, 5.41) is 14.1. The molecule has 0 amide bonds. The number of rotatable bonds is 7. The van der Waals surface area contributed by atoms with Gasteiger partial charge in [-0.1, -0.05) is 24.6 Å². The Morgan fingerprint density at radius 1 is 1.42 bits per heavy atom. The molecule has 0 bridgehead atoms. The van der Waals surface area contributed by atoms with Gasteiger partial charge in [0.2, 0.25) is 0 Å². The van der Waals surface area contributed by atoms with Gasteiger partial charge in [0.25, 0.3) is 5.69 Å². The second kappa shape index (κ2) is 8.26. The minimum absolute atomic E-state index is 0.0824. The van der Waals surface area contributed by atoms with Gasteiger partial charge in [0.1, 0.15) is 18.6 Å². The van der Waals surface area contributed by atoms with Crippen molar-refractivity contribution in [2.45, 2.75) is 19.4 Å². The molecule has 7 nitrogen and oxygen atoms in total. The van der Waals surface area contributed by atoms with E-state index in [2.05, 4.69) is 10.3 Å². The molecule has 24 heavy (non-hydrogen) atoms. The predicted molar refractivity (Wildman–Crippen MR) is 90.3 cm³/mol. The molecule has 1 atom stereocenters. The zero-order chi connectivity index (χ0) is 17.5. The lowest BCUT2D eigenvalue weighted by molar-refractivity contribution is -0.385. The number of benzene rings is 1. The molecule has 2 rings (SSSR count). The van der Waals surface area contributed by atoms with Crippen molar-refractivity contribution in [3.05, 3.63) is 63.3 Å². The zero-order valence-corrected chi connectivity index (χ0v) is 13.7. The first-order valence-corrected chi connectivity index (χ1v) is 7.67. The fraction of sp³-hybridized carbons (Fsp3) is 0.250. The molecule has 0 aliphatic carbocycles. The number of nitrogens with one attached hydrogen (secondary N) is 1. The summed E-state index contributed by atoms with van der Waals surface area (Å²) in [4.78, 5) is 26.1. The van der Waals surface area contributed by atoms with Crippen LogP contribution in [0.4, 0.5) is 11.5 Å². The minimum atomic E-state index is -0.513. The van der Waals surface area contributed by atoms with Crippen molar-refractivity contribution in [2.75, 3.05) is 11.9 Å². The summed E-state index contributed by atoms with van der Waals surface area (Å²) in [6, 6.07) is 9.22. The average molecular weight is 350 g/mol. The van der Waals surface area contributed by atoms with Crippen LogP contribution in [0.5, 0.6) is 0 Å². The number of nitrogens with zero attached hydrogens (tertiary/aromatic N) is 2. The van der Waals surface area contributed by atoms with Crippen LogP contribution < -0.4 is 5.32 Å². The highest BCUT2D eigenvalue weighted by Gasteiger charge is 2.13. The van der Waals surface area contributed by atoms with Crippen LogP contribution >= 0.6 is 11.6 Å². The normalized spacial score (nSPS) is 11.6. The first-order valence-electron chi connectivity index (χ1n) is 7.29. The molecule has 0 saturated carbocycles. The van der Waals surface area contributed by atoms with Gasteiger partial charge in [-0.05, 0) is 30.7 Å². The molecule has 8 heteroatoms. The summed E-state index contributed by atoms with van der Waals surface area (Å²) < 4.78 is 5.27. The zero-order valence-electron chi connectivity index (χ0n) is 12.9. The number of hydrogen-bond donors (Lipinski definition) is 1. The van der Waals surface area contributed by atoms with Gasteiger partial charge >= 0.3 is 5.97 Å². The van der Waals surface area contributed by atoms with Crippen LogP contribution in [0.3, 0.4) is 0 Å². The number of carbonyl (C=O) groups is 1. The van der Waals surface area contributed by atoms with Crippen molar-refractivity contribution in [1.82, 2.24) is 4.98 Å². The number of halogens is 1. The molecule has 0 saturated heterocycles. The van der Waals surface area contributed by atoms with Gasteiger partial charge in [0.05, 0.1) is 16.5 Å². The van der Waals surface area contributed by atoms with Gasteiger partial charge in [-0.15, -0.1) is 0 Å². The third-order valence-electron chi connectivity index (χ3n) is 3.28. The Morgan fingerprint density at radius 3 is 2.79 bits per heavy atom. The van der Waals surface area contributed by atoms with Crippen molar-refractivity contribution in [2.24, 2.45) is 0 Å². The van der Waals surface area contributed by atoms with Crippen molar-refractivity contribution < 1.29 is 14.5 Å². The molecule has 0 fully saturated rings. The summed E-state index contributed by atoms with van der Waals surface area (Å²) in [6.07, 6.45) is 1.86. The highest BCUT2D eigenvalue weighted by Crippen LogP contribution is 2.14. The number of nitro groups is 1. The highest BCUT2D eigenvalue weighted by atomic mass is 35.5. The fourth-order valence-electron chi connectivity index (χ4n) is 1.93. The molecule has 0 radical (unpaired) electrons. The summed E-state index contributed by atoms with van der Waals surface area (Å²) in [7, 11) is 0. The number of esters is 1. The van der Waals surface area contributed by atoms with Crippen molar-refractivity contribution >= 4 is 29.1 Å². The van der Waals surface area contributed by atoms with E-state index in [4.69, 9.17) is 16.3 Å². The Labute approximate surface area is 143 Å². The van der Waals surface area contributed by atoms with E-state index in [1.807, 2.05) is 6.92 Å². The van der Waals surface area contributed by atoms with E-state index < -0.39 is 10.9 Å². The summed E-state index contributed by atoms with van der Waals surface area (Å²) in [5.41, 5.74) is 0.298. The van der Waals surface area contributed by atoms with Crippen LogP contribution in [0, 0.1) is 10.1 Å². The summed E-state index contributed by atoms with van der Waals surface area (Å²) >= 11 is 5.84. The van der Waals surface area contributed by atoms with Gasteiger partial charge in [-0.3, -0.25) is 10.1 Å². The largest absolute Gasteiger partial charge is 0.460 e. The fourth-order valence-corrected chi connectivity index (χ4v) is 2.12. The lowest BCUT2D eigenvalue weighted by atomic mass is 10.2. The highest BCUT2D eigenvalue weighted by molar-refractivity contribution is 6.30. The lowest BCUT2D eigenvalue weighted by Crippen LogP contribution is -2.26. The number of anilines is 1. The van der Waals surface area contributed by atoms with E-state index in [9.17, 15) is 14.9 Å². The Kier molecular flexibility index (Phi) is 6.08. The van der Waals surface area contributed by atoms with Gasteiger partial charge < -0.3 is 10.1 Å². The standard InChI is InChI=1S/C16H16ClN3O4/c1-2-13(19-15-7-6-14(9-18-15)20(22)23)10-24-16(21)11-4-3-5-12(17)8-11/h3-9,13H,2,10H2,1H3,(H,18,19). The van der Waals surface area contributed by atoms with Crippen LogP contribution in [-0.2, 0) is 4.74 Å². The second-order valence-electron chi connectivity index (χ2n) is 5.02. The maximum Gasteiger partial charge on any atom is 0.338 e. The quantitative estimate of drug-likeness (QED) is 0.465. The monoisotopic (exact) mass is 349 g/mol. The summed E-state index contributed by atoms with van der Waals surface area (Å²) in [5.74, 6) is 0.0145. The molecule has 2 aromatic rings. The maximum absolute atomic E-state index is 12.0. The van der Waals surface area contributed by atoms with Crippen LogP contribution in [0.15, 0.2) is 42.6 Å². The first kappa shape index (κ1) is 17.7. The van der Waals surface area contributed by atoms with E-state index >= 15 is 0 Å². The molecule has 1 unspecified atom stereocenters. The summed E-state index contributed by atoms with van der Waals surface area (Å²) in [6.45, 7) is 2.07. The number of pyridine rings is 1. The smallest absolute Gasteiger partial charge is 0.338 e. The molecule has 1 aromatic carbocycles. The van der Waals surface area contributed by atoms with Crippen molar-refractivity contribution in [3.8, 4) is 0 Å². The second-order valence-corrected chi connectivity index (χ2v) is 5.45. The third-order valence-corrected chi connectivity index (χ3v) is 3.51.